The number of aliphatic hydroxyl groups excluding tert-OH is 2. The Morgan fingerprint density at radius 2 is 1.60 bits per heavy atom. The molecule has 0 saturated carbocycles. The summed E-state index contributed by atoms with van der Waals surface area (Å²) in [6.45, 7) is 1.60. The van der Waals surface area contributed by atoms with E-state index in [1.807, 2.05) is 49.3 Å². The molecule has 0 aliphatic rings. The summed E-state index contributed by atoms with van der Waals surface area (Å²) in [6, 6.07) is 13.9. The second kappa shape index (κ2) is 9.15. The molecule has 0 unspecified atom stereocenters. The largest absolute Gasteiger partial charge is 0.399 e. The van der Waals surface area contributed by atoms with Crippen molar-refractivity contribution in [2.24, 2.45) is 0 Å². The van der Waals surface area contributed by atoms with E-state index in [9.17, 15) is 10.2 Å². The molecule has 25 heavy (non-hydrogen) atoms. The van der Waals surface area contributed by atoms with Gasteiger partial charge in [-0.2, -0.15) is 0 Å². The maximum atomic E-state index is 9.28. The molecule has 0 heterocycles. The van der Waals surface area contributed by atoms with Gasteiger partial charge in [0, 0.05) is 56.5 Å². The average Bonchev–Trinajstić information content (AvgIpc) is 2.60. The highest BCUT2D eigenvalue weighted by atomic mass is 16.3. The topological polar surface area (TPSA) is 85.0 Å². The van der Waals surface area contributed by atoms with Gasteiger partial charge in [0.2, 0.25) is 0 Å². The van der Waals surface area contributed by atoms with Gasteiger partial charge in [0.1, 0.15) is 0 Å². The molecule has 0 atom stereocenters. The van der Waals surface area contributed by atoms with Gasteiger partial charge in [0.25, 0.3) is 0 Å². The van der Waals surface area contributed by atoms with E-state index >= 15 is 0 Å². The fourth-order valence-electron chi connectivity index (χ4n) is 2.72. The number of hydrogen-bond acceptors (Lipinski definition) is 6. The summed E-state index contributed by atoms with van der Waals surface area (Å²) in [6.07, 6.45) is 0. The molecule has 5 N–H and O–H groups in total. The van der Waals surface area contributed by atoms with E-state index in [0.29, 0.717) is 25.3 Å². The SMILES string of the molecule is CN(C)c1ccc(NCc2cc(N)ccc2N(CCO)CCO)cc1. The lowest BCUT2D eigenvalue weighted by atomic mass is 10.1. The summed E-state index contributed by atoms with van der Waals surface area (Å²) >= 11 is 0. The van der Waals surface area contributed by atoms with Gasteiger partial charge in [-0.1, -0.05) is 0 Å². The normalized spacial score (nSPS) is 10.6. The van der Waals surface area contributed by atoms with Gasteiger partial charge in [-0.3, -0.25) is 0 Å². The molecule has 2 aromatic carbocycles. The number of anilines is 4. The van der Waals surface area contributed by atoms with E-state index < -0.39 is 0 Å². The molecule has 2 aromatic rings. The fraction of sp³-hybridized carbons (Fsp3) is 0.368. The molecule has 0 aromatic heterocycles. The van der Waals surface area contributed by atoms with Gasteiger partial charge in [-0.15, -0.1) is 0 Å². The predicted octanol–water partition coefficient (Wildman–Crippen LogP) is 1.74. The number of benzene rings is 2. The lowest BCUT2D eigenvalue weighted by Gasteiger charge is -2.26. The van der Waals surface area contributed by atoms with Crippen LogP contribution in [0.2, 0.25) is 0 Å². The van der Waals surface area contributed by atoms with Crippen molar-refractivity contribution in [3.63, 3.8) is 0 Å². The number of rotatable bonds is 9. The molecule has 6 nitrogen and oxygen atoms in total. The van der Waals surface area contributed by atoms with Gasteiger partial charge in [-0.25, -0.2) is 0 Å². The molecule has 0 amide bonds. The number of aliphatic hydroxyl groups is 2. The zero-order chi connectivity index (χ0) is 18.2. The van der Waals surface area contributed by atoms with Gasteiger partial charge < -0.3 is 31.1 Å². The number of nitrogens with one attached hydrogen (secondary N) is 1. The lowest BCUT2D eigenvalue weighted by molar-refractivity contribution is 0.281. The molecule has 0 aliphatic carbocycles. The van der Waals surface area contributed by atoms with Crippen LogP contribution in [-0.4, -0.2) is 50.6 Å². The summed E-state index contributed by atoms with van der Waals surface area (Å²) in [4.78, 5) is 4.02. The molecule has 0 bridgehead atoms. The number of nitrogens with two attached hydrogens (primary N) is 1. The smallest absolute Gasteiger partial charge is 0.0606 e. The summed E-state index contributed by atoms with van der Waals surface area (Å²) < 4.78 is 0. The van der Waals surface area contributed by atoms with E-state index in [2.05, 4.69) is 22.3 Å². The quantitative estimate of drug-likeness (QED) is 0.519. The molecule has 0 aliphatic heterocycles. The van der Waals surface area contributed by atoms with Crippen LogP contribution in [0.5, 0.6) is 0 Å². The third kappa shape index (κ3) is 5.27. The Morgan fingerprint density at radius 1 is 0.960 bits per heavy atom. The first-order valence-electron chi connectivity index (χ1n) is 8.41. The van der Waals surface area contributed by atoms with Crippen LogP contribution < -0.4 is 20.9 Å². The molecule has 0 saturated heterocycles. The molecule has 0 radical (unpaired) electrons. The molecule has 0 spiro atoms. The highest BCUT2D eigenvalue weighted by Crippen LogP contribution is 2.25. The van der Waals surface area contributed by atoms with Crippen LogP contribution in [0.25, 0.3) is 0 Å². The van der Waals surface area contributed by atoms with Crippen LogP contribution in [0.15, 0.2) is 42.5 Å². The molecular formula is C19H28N4O2. The number of nitrogens with zero attached hydrogens (tertiary/aromatic N) is 2. The Kier molecular flexibility index (Phi) is 6.91. The third-order valence-corrected chi connectivity index (χ3v) is 4.05. The minimum Gasteiger partial charge on any atom is -0.399 e. The highest BCUT2D eigenvalue weighted by Gasteiger charge is 2.11. The highest BCUT2D eigenvalue weighted by molar-refractivity contribution is 5.61. The lowest BCUT2D eigenvalue weighted by Crippen LogP contribution is -2.30. The maximum Gasteiger partial charge on any atom is 0.0606 e. The Balaban J connectivity index is 2.15. The summed E-state index contributed by atoms with van der Waals surface area (Å²) in [5, 5.41) is 22.0. The van der Waals surface area contributed by atoms with Gasteiger partial charge in [-0.05, 0) is 48.0 Å². The molecule has 2 rings (SSSR count). The first kappa shape index (κ1) is 18.9. The zero-order valence-corrected chi connectivity index (χ0v) is 14.9. The second-order valence-corrected chi connectivity index (χ2v) is 6.12. The van der Waals surface area contributed by atoms with Crippen molar-refractivity contribution in [1.29, 1.82) is 0 Å². The summed E-state index contributed by atoms with van der Waals surface area (Å²) in [5.41, 5.74) is 10.8. The third-order valence-electron chi connectivity index (χ3n) is 4.05. The van der Waals surface area contributed by atoms with Gasteiger partial charge >= 0.3 is 0 Å². The Labute approximate surface area is 149 Å². The minimum atomic E-state index is 0.0310. The first-order valence-corrected chi connectivity index (χ1v) is 8.41. The molecule has 0 fully saturated rings. The van der Waals surface area contributed by atoms with Crippen molar-refractivity contribution in [2.45, 2.75) is 6.54 Å². The Hall–Kier alpha value is -2.44. The summed E-state index contributed by atoms with van der Waals surface area (Å²) in [7, 11) is 4.02. The van der Waals surface area contributed by atoms with Crippen molar-refractivity contribution in [1.82, 2.24) is 0 Å². The second-order valence-electron chi connectivity index (χ2n) is 6.12. The first-order chi connectivity index (χ1) is 12.0. The van der Waals surface area contributed by atoms with Crippen molar-refractivity contribution < 1.29 is 10.2 Å². The van der Waals surface area contributed by atoms with E-state index in [4.69, 9.17) is 5.73 Å². The van der Waals surface area contributed by atoms with E-state index in [-0.39, 0.29) is 13.2 Å². The number of nitrogen functional groups attached to an aromatic ring is 1. The molecular weight excluding hydrogens is 316 g/mol. The van der Waals surface area contributed by atoms with Crippen LogP contribution in [0, 0.1) is 0 Å². The van der Waals surface area contributed by atoms with Crippen LogP contribution in [-0.2, 0) is 6.54 Å². The monoisotopic (exact) mass is 344 g/mol. The Bertz CT molecular complexity index is 653. The Morgan fingerprint density at radius 3 is 2.16 bits per heavy atom. The van der Waals surface area contributed by atoms with Crippen molar-refractivity contribution in [3.8, 4) is 0 Å². The van der Waals surface area contributed by atoms with Crippen LogP contribution in [0.4, 0.5) is 22.7 Å². The van der Waals surface area contributed by atoms with Gasteiger partial charge in [0.15, 0.2) is 0 Å². The standard InChI is InChI=1S/C19H28N4O2/c1-22(2)18-6-4-17(5-7-18)21-14-15-13-16(20)3-8-19(15)23(9-11-24)10-12-25/h3-8,13,21,24-25H,9-12,14,20H2,1-2H3. The fourth-order valence-corrected chi connectivity index (χ4v) is 2.72. The van der Waals surface area contributed by atoms with Crippen LogP contribution >= 0.6 is 0 Å². The predicted molar refractivity (Wildman–Crippen MR) is 105 cm³/mol. The molecule has 136 valence electrons. The van der Waals surface area contributed by atoms with Crippen molar-refractivity contribution in [2.75, 3.05) is 61.2 Å². The van der Waals surface area contributed by atoms with Crippen LogP contribution in [0.1, 0.15) is 5.56 Å². The average molecular weight is 344 g/mol. The summed E-state index contributed by atoms with van der Waals surface area (Å²) in [5.74, 6) is 0. The van der Waals surface area contributed by atoms with Crippen molar-refractivity contribution in [3.05, 3.63) is 48.0 Å². The zero-order valence-electron chi connectivity index (χ0n) is 14.9. The van der Waals surface area contributed by atoms with Gasteiger partial charge in [0.05, 0.1) is 13.2 Å². The van der Waals surface area contributed by atoms with E-state index in [1.165, 1.54) is 0 Å². The number of hydrogen-bond donors (Lipinski definition) is 4. The molecule has 6 heteroatoms. The van der Waals surface area contributed by atoms with Crippen molar-refractivity contribution >= 4 is 22.7 Å². The van der Waals surface area contributed by atoms with Crippen LogP contribution in [0.3, 0.4) is 0 Å². The minimum absolute atomic E-state index is 0.0310. The van der Waals surface area contributed by atoms with E-state index in [0.717, 1.165) is 22.6 Å². The van der Waals surface area contributed by atoms with E-state index in [1.54, 1.807) is 0 Å². The maximum absolute atomic E-state index is 9.28.